The number of rotatable bonds is 4. The van der Waals surface area contributed by atoms with E-state index in [1.54, 1.807) is 24.3 Å². The number of ether oxygens (including phenoxy) is 1. The third-order valence-corrected chi connectivity index (χ3v) is 2.70. The normalized spacial score (nSPS) is 10.4. The predicted octanol–water partition coefficient (Wildman–Crippen LogP) is 3.43. The summed E-state index contributed by atoms with van der Waals surface area (Å²) in [6.45, 7) is 2.00. The van der Waals surface area contributed by atoms with Crippen LogP contribution in [0.1, 0.15) is 21.5 Å². The molecule has 0 aliphatic rings. The van der Waals surface area contributed by atoms with Crippen LogP contribution in [0.4, 0.5) is 0 Å². The van der Waals surface area contributed by atoms with Crippen molar-refractivity contribution in [3.63, 3.8) is 0 Å². The quantitative estimate of drug-likeness (QED) is 0.368. The summed E-state index contributed by atoms with van der Waals surface area (Å²) < 4.78 is 5.12. The van der Waals surface area contributed by atoms with Gasteiger partial charge in [0.05, 0.1) is 0 Å². The second kappa shape index (κ2) is 6.48. The van der Waals surface area contributed by atoms with E-state index in [1.165, 1.54) is 12.1 Å². The fraction of sp³-hybridized carbons (Fsp3) is 0.0588. The fourth-order valence-electron chi connectivity index (χ4n) is 1.64. The van der Waals surface area contributed by atoms with Crippen molar-refractivity contribution >= 4 is 18.3 Å². The molecule has 20 heavy (non-hydrogen) atoms. The molecule has 0 spiro atoms. The molecule has 2 rings (SSSR count). The van der Waals surface area contributed by atoms with Crippen LogP contribution < -0.4 is 4.74 Å². The summed E-state index contributed by atoms with van der Waals surface area (Å²) in [7, 11) is 0. The Morgan fingerprint density at radius 3 is 2.50 bits per heavy atom. The Morgan fingerprint density at radius 1 is 1.05 bits per heavy atom. The first-order chi connectivity index (χ1) is 9.67. The molecule has 0 heterocycles. The Balaban J connectivity index is 2.01. The zero-order chi connectivity index (χ0) is 14.4. The van der Waals surface area contributed by atoms with E-state index in [0.717, 1.165) is 11.1 Å². The van der Waals surface area contributed by atoms with Gasteiger partial charge >= 0.3 is 5.97 Å². The molecule has 3 heteroatoms. The second-order valence-electron chi connectivity index (χ2n) is 4.36. The third-order valence-electron chi connectivity index (χ3n) is 2.70. The zero-order valence-electron chi connectivity index (χ0n) is 11.1. The maximum absolute atomic E-state index is 11.7. The molecule has 0 aromatic heterocycles. The van der Waals surface area contributed by atoms with Gasteiger partial charge in [0, 0.05) is 11.6 Å². The van der Waals surface area contributed by atoms with Crippen molar-refractivity contribution in [2.45, 2.75) is 6.92 Å². The molecule has 0 bridgehead atoms. The molecule has 3 nitrogen and oxygen atoms in total. The van der Waals surface area contributed by atoms with E-state index in [9.17, 15) is 9.59 Å². The average molecular weight is 266 g/mol. The first-order valence-corrected chi connectivity index (χ1v) is 6.19. The lowest BCUT2D eigenvalue weighted by Gasteiger charge is -2.01. The molecular weight excluding hydrogens is 252 g/mol. The van der Waals surface area contributed by atoms with Gasteiger partial charge in [0.2, 0.25) is 0 Å². The molecule has 2 aromatic rings. The number of aryl methyl sites for hydroxylation is 1. The first kappa shape index (κ1) is 13.7. The predicted molar refractivity (Wildman–Crippen MR) is 77.7 cm³/mol. The number of esters is 1. The maximum atomic E-state index is 11.7. The Labute approximate surface area is 117 Å². The van der Waals surface area contributed by atoms with Gasteiger partial charge in [-0.05, 0) is 30.7 Å². The molecule has 2 aromatic carbocycles. The van der Waals surface area contributed by atoms with Gasteiger partial charge in [-0.25, -0.2) is 4.79 Å². The van der Waals surface area contributed by atoms with Crippen molar-refractivity contribution in [1.82, 2.24) is 0 Å². The molecule has 0 saturated carbocycles. The molecule has 0 amide bonds. The number of carbonyl (C=O) groups excluding carboxylic acids is 2. The molecule has 0 radical (unpaired) electrons. The molecule has 0 aliphatic carbocycles. The van der Waals surface area contributed by atoms with Crippen LogP contribution in [0.25, 0.3) is 6.08 Å². The first-order valence-electron chi connectivity index (χ1n) is 6.19. The largest absolute Gasteiger partial charge is 0.423 e. The number of carbonyl (C=O) groups is 2. The zero-order valence-corrected chi connectivity index (χ0v) is 11.1. The van der Waals surface area contributed by atoms with Gasteiger partial charge in [-0.3, -0.25) is 4.79 Å². The van der Waals surface area contributed by atoms with Gasteiger partial charge in [-0.2, -0.15) is 0 Å². The second-order valence-corrected chi connectivity index (χ2v) is 4.36. The Morgan fingerprint density at radius 2 is 1.80 bits per heavy atom. The number of hydrogen-bond acceptors (Lipinski definition) is 3. The van der Waals surface area contributed by atoms with E-state index in [1.807, 2.05) is 31.2 Å². The number of benzene rings is 2. The molecule has 0 aliphatic heterocycles. The standard InChI is InChI=1S/C17H14O3/c1-13-5-7-14(8-6-13)9-10-17(19)20-16-4-2-3-15(11-16)12-18/h2-12H,1H3/b10-9+. The summed E-state index contributed by atoms with van der Waals surface area (Å²) in [5.41, 5.74) is 2.56. The van der Waals surface area contributed by atoms with Crippen LogP contribution in [0.2, 0.25) is 0 Å². The molecule has 0 atom stereocenters. The van der Waals surface area contributed by atoms with E-state index in [-0.39, 0.29) is 0 Å². The van der Waals surface area contributed by atoms with E-state index < -0.39 is 5.97 Å². The topological polar surface area (TPSA) is 43.4 Å². The maximum Gasteiger partial charge on any atom is 0.336 e. The van der Waals surface area contributed by atoms with Crippen LogP contribution in [0.5, 0.6) is 5.75 Å². The Bertz CT molecular complexity index is 640. The van der Waals surface area contributed by atoms with Crippen molar-refractivity contribution in [2.75, 3.05) is 0 Å². The molecule has 0 saturated heterocycles. The Kier molecular flexibility index (Phi) is 4.45. The van der Waals surface area contributed by atoms with E-state index in [2.05, 4.69) is 0 Å². The Hall–Kier alpha value is -2.68. The van der Waals surface area contributed by atoms with Gasteiger partial charge in [-0.1, -0.05) is 42.0 Å². The number of hydrogen-bond donors (Lipinski definition) is 0. The fourth-order valence-corrected chi connectivity index (χ4v) is 1.64. The van der Waals surface area contributed by atoms with Crippen molar-refractivity contribution in [2.24, 2.45) is 0 Å². The molecule has 0 N–H and O–H groups in total. The van der Waals surface area contributed by atoms with Crippen molar-refractivity contribution in [1.29, 1.82) is 0 Å². The third kappa shape index (κ3) is 3.92. The average Bonchev–Trinajstić information content (AvgIpc) is 2.47. The van der Waals surface area contributed by atoms with E-state index in [0.29, 0.717) is 17.6 Å². The highest BCUT2D eigenvalue weighted by Gasteiger charge is 2.01. The smallest absolute Gasteiger partial charge is 0.336 e. The lowest BCUT2D eigenvalue weighted by atomic mass is 10.1. The highest BCUT2D eigenvalue weighted by atomic mass is 16.5. The summed E-state index contributed by atoms with van der Waals surface area (Å²) in [5, 5.41) is 0. The van der Waals surface area contributed by atoms with Gasteiger partial charge in [0.15, 0.2) is 0 Å². The molecular formula is C17H14O3. The molecule has 0 fully saturated rings. The number of aldehydes is 1. The van der Waals surface area contributed by atoms with Crippen LogP contribution in [-0.4, -0.2) is 12.3 Å². The minimum absolute atomic E-state index is 0.355. The van der Waals surface area contributed by atoms with Crippen molar-refractivity contribution < 1.29 is 14.3 Å². The van der Waals surface area contributed by atoms with Gasteiger partial charge in [0.25, 0.3) is 0 Å². The highest BCUT2D eigenvalue weighted by molar-refractivity contribution is 5.89. The van der Waals surface area contributed by atoms with Crippen LogP contribution in [0.15, 0.2) is 54.6 Å². The summed E-state index contributed by atoms with van der Waals surface area (Å²) in [6.07, 6.45) is 3.75. The molecule has 100 valence electrons. The summed E-state index contributed by atoms with van der Waals surface area (Å²) >= 11 is 0. The summed E-state index contributed by atoms with van der Waals surface area (Å²) in [6, 6.07) is 14.2. The van der Waals surface area contributed by atoms with E-state index in [4.69, 9.17) is 4.74 Å². The van der Waals surface area contributed by atoms with Crippen LogP contribution in [0, 0.1) is 6.92 Å². The summed E-state index contributed by atoms with van der Waals surface area (Å²) in [5.74, 6) is -0.123. The van der Waals surface area contributed by atoms with Gasteiger partial charge < -0.3 is 4.74 Å². The SMILES string of the molecule is Cc1ccc(/C=C/C(=O)Oc2cccc(C=O)c2)cc1. The van der Waals surface area contributed by atoms with Gasteiger partial charge in [0.1, 0.15) is 12.0 Å². The minimum Gasteiger partial charge on any atom is -0.423 e. The lowest BCUT2D eigenvalue weighted by Crippen LogP contribution is -2.03. The van der Waals surface area contributed by atoms with Gasteiger partial charge in [-0.15, -0.1) is 0 Å². The summed E-state index contributed by atoms with van der Waals surface area (Å²) in [4.78, 5) is 22.3. The highest BCUT2D eigenvalue weighted by Crippen LogP contribution is 2.12. The van der Waals surface area contributed by atoms with Crippen molar-refractivity contribution in [3.8, 4) is 5.75 Å². The van der Waals surface area contributed by atoms with Crippen LogP contribution in [0.3, 0.4) is 0 Å². The van der Waals surface area contributed by atoms with Crippen molar-refractivity contribution in [3.05, 3.63) is 71.3 Å². The monoisotopic (exact) mass is 266 g/mol. The van der Waals surface area contributed by atoms with Crippen LogP contribution >= 0.6 is 0 Å². The minimum atomic E-state index is -0.478. The molecule has 0 unspecified atom stereocenters. The lowest BCUT2D eigenvalue weighted by molar-refractivity contribution is -0.128. The van der Waals surface area contributed by atoms with E-state index >= 15 is 0 Å². The van der Waals surface area contributed by atoms with Crippen LogP contribution in [-0.2, 0) is 4.79 Å².